The summed E-state index contributed by atoms with van der Waals surface area (Å²) in [5, 5.41) is 0. The molecule has 0 bridgehead atoms. The summed E-state index contributed by atoms with van der Waals surface area (Å²) in [5.41, 5.74) is 0. The number of likely N-dealkylation sites (N-methyl/N-ethyl adjacent to an activating group) is 1. The van der Waals surface area contributed by atoms with E-state index in [1.165, 1.54) is 263 Å². The molecule has 2 atom stereocenters. The maximum Gasteiger partial charge on any atom is 0.472 e. The largest absolute Gasteiger partial charge is 0.472 e. The zero-order valence-electron chi connectivity index (χ0n) is 46.6. The lowest BCUT2D eigenvalue weighted by atomic mass is 10.0. The number of ether oxygens (including phenoxy) is 2. The zero-order valence-corrected chi connectivity index (χ0v) is 47.5. The van der Waals surface area contributed by atoms with Crippen molar-refractivity contribution in [2.45, 2.75) is 322 Å². The molecule has 0 aromatic heterocycles. The summed E-state index contributed by atoms with van der Waals surface area (Å²) in [5.74, 6) is -0.303. The SMILES string of the molecule is CCCCCCCCCCCCCCCCCCCCCCCCCCCCCCCCCCC(=O)O[C@H](COCCCCCCCCCCCCCCCC)COP(=O)(O)OCC[N+](C)(C)C. The second-order valence-electron chi connectivity index (χ2n) is 22.1. The van der Waals surface area contributed by atoms with Crippen molar-refractivity contribution in [1.82, 2.24) is 0 Å². The Hall–Kier alpha value is -0.500. The molecule has 8 nitrogen and oxygen atoms in total. The van der Waals surface area contributed by atoms with Gasteiger partial charge in [0.25, 0.3) is 0 Å². The van der Waals surface area contributed by atoms with Gasteiger partial charge in [-0.15, -0.1) is 0 Å². The van der Waals surface area contributed by atoms with Gasteiger partial charge in [-0.2, -0.15) is 0 Å². The number of carbonyl (C=O) groups excluding carboxylic acids is 1. The van der Waals surface area contributed by atoms with Crippen molar-refractivity contribution in [3.63, 3.8) is 0 Å². The average Bonchev–Trinajstić information content (AvgIpc) is 3.30. The van der Waals surface area contributed by atoms with Crippen LogP contribution in [-0.4, -0.2) is 75.6 Å². The molecule has 1 unspecified atom stereocenters. The van der Waals surface area contributed by atoms with Gasteiger partial charge in [-0.25, -0.2) is 4.57 Å². The van der Waals surface area contributed by atoms with Gasteiger partial charge < -0.3 is 18.9 Å². The van der Waals surface area contributed by atoms with Crippen LogP contribution in [0.1, 0.15) is 316 Å². The summed E-state index contributed by atoms with van der Waals surface area (Å²) in [6.07, 6.45) is 61.9. The minimum Gasteiger partial charge on any atom is -0.457 e. The minimum absolute atomic E-state index is 0.0943. The molecule has 0 saturated carbocycles. The van der Waals surface area contributed by atoms with Crippen LogP contribution in [0.25, 0.3) is 0 Å². The number of hydrogen-bond acceptors (Lipinski definition) is 6. The first kappa shape index (κ1) is 67.5. The van der Waals surface area contributed by atoms with Gasteiger partial charge in [0, 0.05) is 13.0 Å². The van der Waals surface area contributed by atoms with E-state index in [-0.39, 0.29) is 25.8 Å². The third-order valence-corrected chi connectivity index (χ3v) is 14.9. The predicted octanol–water partition coefficient (Wildman–Crippen LogP) is 19.1. The Kier molecular flexibility index (Phi) is 52.4. The fourth-order valence-electron chi connectivity index (χ4n) is 9.26. The van der Waals surface area contributed by atoms with Crippen LogP contribution in [0.4, 0.5) is 0 Å². The van der Waals surface area contributed by atoms with Gasteiger partial charge in [-0.3, -0.25) is 13.8 Å². The van der Waals surface area contributed by atoms with Crippen LogP contribution < -0.4 is 0 Å². The van der Waals surface area contributed by atoms with Gasteiger partial charge in [0.1, 0.15) is 19.3 Å². The third-order valence-electron chi connectivity index (χ3n) is 13.9. The maximum atomic E-state index is 12.8. The van der Waals surface area contributed by atoms with E-state index >= 15 is 0 Å². The first-order valence-corrected chi connectivity index (χ1v) is 31.8. The van der Waals surface area contributed by atoms with Crippen molar-refractivity contribution < 1.29 is 37.3 Å². The zero-order chi connectivity index (χ0) is 49.8. The summed E-state index contributed by atoms with van der Waals surface area (Å²) in [7, 11) is 1.69. The number of phosphoric acid groups is 1. The summed E-state index contributed by atoms with van der Waals surface area (Å²) in [6, 6.07) is 0. The Bertz CT molecular complexity index is 1050. The fourth-order valence-corrected chi connectivity index (χ4v) is 10.0. The van der Waals surface area contributed by atoms with Crippen LogP contribution in [0.3, 0.4) is 0 Å². The number of quaternary nitrogens is 1. The molecule has 0 aliphatic heterocycles. The van der Waals surface area contributed by atoms with Crippen molar-refractivity contribution in [2.24, 2.45) is 0 Å². The second kappa shape index (κ2) is 52.8. The van der Waals surface area contributed by atoms with E-state index in [0.29, 0.717) is 24.1 Å². The van der Waals surface area contributed by atoms with Crippen molar-refractivity contribution >= 4 is 13.8 Å². The minimum atomic E-state index is -4.27. The van der Waals surface area contributed by atoms with Crippen LogP contribution in [0.2, 0.25) is 0 Å². The van der Waals surface area contributed by atoms with Crippen molar-refractivity contribution in [3.05, 3.63) is 0 Å². The van der Waals surface area contributed by atoms with E-state index in [0.717, 1.165) is 32.1 Å². The Balaban J connectivity index is 3.86. The molecule has 0 heterocycles. The number of carbonyl (C=O) groups is 1. The molecule has 0 amide bonds. The molecule has 408 valence electrons. The molecule has 0 radical (unpaired) electrons. The van der Waals surface area contributed by atoms with Gasteiger partial charge in [0.15, 0.2) is 0 Å². The number of nitrogens with zero attached hydrogens (tertiary/aromatic N) is 1. The Morgan fingerprint density at radius 2 is 0.676 bits per heavy atom. The molecule has 0 aromatic carbocycles. The second-order valence-corrected chi connectivity index (χ2v) is 23.6. The van der Waals surface area contributed by atoms with E-state index in [1.54, 1.807) is 0 Å². The lowest BCUT2D eigenvalue weighted by molar-refractivity contribution is -0.870. The van der Waals surface area contributed by atoms with Crippen LogP contribution >= 0.6 is 7.82 Å². The highest BCUT2D eigenvalue weighted by molar-refractivity contribution is 7.47. The highest BCUT2D eigenvalue weighted by Gasteiger charge is 2.26. The van der Waals surface area contributed by atoms with Crippen molar-refractivity contribution in [1.29, 1.82) is 0 Å². The molecule has 0 saturated heterocycles. The molecular weight excluding hydrogens is 866 g/mol. The molecule has 9 heteroatoms. The van der Waals surface area contributed by atoms with Crippen molar-refractivity contribution in [2.75, 3.05) is 54.1 Å². The monoisotopic (exact) mass is 987 g/mol. The van der Waals surface area contributed by atoms with E-state index in [9.17, 15) is 14.3 Å². The number of hydrogen-bond donors (Lipinski definition) is 1. The van der Waals surface area contributed by atoms with Crippen LogP contribution in [0.15, 0.2) is 0 Å². The smallest absolute Gasteiger partial charge is 0.457 e. The quantitative estimate of drug-likeness (QED) is 0.0281. The Labute approximate surface area is 425 Å². The van der Waals surface area contributed by atoms with Gasteiger partial charge in [-0.1, -0.05) is 296 Å². The number of unbranched alkanes of at least 4 members (excludes halogenated alkanes) is 44. The molecule has 0 aliphatic carbocycles. The van der Waals surface area contributed by atoms with Gasteiger partial charge in [-0.05, 0) is 12.8 Å². The molecule has 0 aromatic rings. The standard InChI is InChI=1S/C59H120NO7P/c1-6-8-10-12-14-16-18-20-22-23-24-25-26-27-28-29-30-31-32-33-34-35-36-37-38-39-40-42-44-46-48-50-52-59(61)67-58(57-66-68(62,63)65-55-53-60(3,4)5)56-64-54-51-49-47-45-43-41-21-19-17-15-13-11-9-7-2/h58H,6-57H2,1-5H3/p+1/t58-/m1/s1. The van der Waals surface area contributed by atoms with E-state index in [4.69, 9.17) is 18.5 Å². The first-order chi connectivity index (χ1) is 33.1. The third kappa shape index (κ3) is 56.4. The molecule has 68 heavy (non-hydrogen) atoms. The average molecular weight is 988 g/mol. The summed E-state index contributed by atoms with van der Waals surface area (Å²) in [6.45, 7) is 5.71. The van der Waals surface area contributed by atoms with E-state index < -0.39 is 13.9 Å². The van der Waals surface area contributed by atoms with Crippen LogP contribution in [-0.2, 0) is 27.9 Å². The fraction of sp³-hybridized carbons (Fsp3) is 0.983. The lowest BCUT2D eigenvalue weighted by Gasteiger charge is -2.24. The molecule has 1 N–H and O–H groups in total. The number of rotatable bonds is 58. The highest BCUT2D eigenvalue weighted by Crippen LogP contribution is 2.43. The number of esters is 1. The first-order valence-electron chi connectivity index (χ1n) is 30.3. The maximum absolute atomic E-state index is 12.8. The van der Waals surface area contributed by atoms with Gasteiger partial charge in [0.2, 0.25) is 0 Å². The number of phosphoric ester groups is 1. The summed E-state index contributed by atoms with van der Waals surface area (Å²) >= 11 is 0. The molecule has 0 spiro atoms. The van der Waals surface area contributed by atoms with Gasteiger partial charge >= 0.3 is 13.8 Å². The lowest BCUT2D eigenvalue weighted by Crippen LogP contribution is -2.37. The van der Waals surface area contributed by atoms with Crippen LogP contribution in [0, 0.1) is 0 Å². The van der Waals surface area contributed by atoms with Crippen LogP contribution in [0.5, 0.6) is 0 Å². The van der Waals surface area contributed by atoms with E-state index in [1.807, 2.05) is 21.1 Å². The normalized spacial score (nSPS) is 13.3. The topological polar surface area (TPSA) is 91.3 Å². The predicted molar refractivity (Wildman–Crippen MR) is 294 cm³/mol. The van der Waals surface area contributed by atoms with Crippen molar-refractivity contribution in [3.8, 4) is 0 Å². The molecule has 0 fully saturated rings. The highest BCUT2D eigenvalue weighted by atomic mass is 31.2. The Morgan fingerprint density at radius 3 is 0.971 bits per heavy atom. The molecule has 0 rings (SSSR count). The Morgan fingerprint density at radius 1 is 0.397 bits per heavy atom. The summed E-state index contributed by atoms with van der Waals surface area (Å²) in [4.78, 5) is 23.1. The molecule has 0 aliphatic rings. The van der Waals surface area contributed by atoms with Gasteiger partial charge in [0.05, 0.1) is 34.4 Å². The summed E-state index contributed by atoms with van der Waals surface area (Å²) < 4.78 is 35.2. The molecular formula is C59H121NO7P+. The van der Waals surface area contributed by atoms with E-state index in [2.05, 4.69) is 13.8 Å².